The second kappa shape index (κ2) is 8.29. The van der Waals surface area contributed by atoms with Gasteiger partial charge < -0.3 is 15.2 Å². The van der Waals surface area contributed by atoms with Crippen LogP contribution in [0.25, 0.3) is 0 Å². The zero-order valence-electron chi connectivity index (χ0n) is 15.1. The number of likely N-dealkylation sites (tertiary alicyclic amines) is 1. The first kappa shape index (κ1) is 17.7. The van der Waals surface area contributed by atoms with E-state index in [0.717, 1.165) is 24.2 Å². The topological polar surface area (TPSA) is 70.4 Å². The van der Waals surface area contributed by atoms with Gasteiger partial charge in [-0.1, -0.05) is 13.8 Å². The van der Waals surface area contributed by atoms with Crippen LogP contribution in [-0.4, -0.2) is 58.3 Å². The Morgan fingerprint density at radius 2 is 2.13 bits per heavy atom. The van der Waals surface area contributed by atoms with E-state index in [2.05, 4.69) is 44.6 Å². The van der Waals surface area contributed by atoms with E-state index in [1.807, 2.05) is 18.5 Å². The van der Waals surface area contributed by atoms with E-state index in [9.17, 15) is 0 Å². The smallest absolute Gasteiger partial charge is 0.191 e. The van der Waals surface area contributed by atoms with Crippen LogP contribution in [0.4, 0.5) is 0 Å². The van der Waals surface area contributed by atoms with Gasteiger partial charge in [-0.2, -0.15) is 0 Å². The number of nitrogens with zero attached hydrogens (tertiary/aromatic N) is 5. The monoisotopic (exact) mass is 321 g/mol. The first-order valence-electron chi connectivity index (χ1n) is 8.54. The fourth-order valence-electron chi connectivity index (χ4n) is 3.04. The third-order valence-corrected chi connectivity index (χ3v) is 4.42. The molecule has 0 unspecified atom stereocenters. The number of hydrogen-bond donors (Lipinski definition) is 2. The molecule has 130 valence electrons. The van der Waals surface area contributed by atoms with Gasteiger partial charge in [0.25, 0.3) is 0 Å². The Bertz CT molecular complexity index is 520. The Morgan fingerprint density at radius 1 is 1.35 bits per heavy atom. The molecule has 0 spiro atoms. The third-order valence-electron chi connectivity index (χ3n) is 4.42. The van der Waals surface area contributed by atoms with Crippen molar-refractivity contribution in [3.8, 4) is 0 Å². The zero-order valence-corrected chi connectivity index (χ0v) is 15.1. The van der Waals surface area contributed by atoms with Crippen LogP contribution in [0.15, 0.2) is 4.99 Å². The molecule has 2 rings (SSSR count). The van der Waals surface area contributed by atoms with Crippen molar-refractivity contribution in [3.63, 3.8) is 0 Å². The molecule has 0 bridgehead atoms. The van der Waals surface area contributed by atoms with E-state index >= 15 is 0 Å². The van der Waals surface area contributed by atoms with Crippen LogP contribution in [0.1, 0.15) is 38.3 Å². The molecule has 1 saturated heterocycles. The van der Waals surface area contributed by atoms with Gasteiger partial charge in [0, 0.05) is 33.2 Å². The lowest BCUT2D eigenvalue weighted by molar-refractivity contribution is 0.226. The summed E-state index contributed by atoms with van der Waals surface area (Å²) in [4.78, 5) is 6.90. The number of aromatic nitrogens is 3. The predicted octanol–water partition coefficient (Wildman–Crippen LogP) is 0.909. The minimum atomic E-state index is 0.605. The van der Waals surface area contributed by atoms with Gasteiger partial charge in [0.05, 0.1) is 6.54 Å². The van der Waals surface area contributed by atoms with Gasteiger partial charge in [-0.3, -0.25) is 9.89 Å². The van der Waals surface area contributed by atoms with Gasteiger partial charge in [-0.05, 0) is 32.2 Å². The lowest BCUT2D eigenvalue weighted by Crippen LogP contribution is -2.45. The quantitative estimate of drug-likeness (QED) is 0.602. The Balaban J connectivity index is 1.80. The number of rotatable bonds is 6. The molecule has 0 amide bonds. The lowest BCUT2D eigenvalue weighted by atomic mass is 10.1. The molecule has 1 atom stereocenters. The van der Waals surface area contributed by atoms with Crippen molar-refractivity contribution in [3.05, 3.63) is 11.6 Å². The molecule has 2 N–H and O–H groups in total. The number of aliphatic imine (C=N–C) groups is 1. The lowest BCUT2D eigenvalue weighted by Gasteiger charge is -2.27. The molecule has 2 heterocycles. The summed E-state index contributed by atoms with van der Waals surface area (Å²) in [5, 5.41) is 15.0. The van der Waals surface area contributed by atoms with Crippen molar-refractivity contribution < 1.29 is 0 Å². The van der Waals surface area contributed by atoms with Gasteiger partial charge in [0.1, 0.15) is 5.82 Å². The molecule has 0 aliphatic carbocycles. The first-order chi connectivity index (χ1) is 11.0. The van der Waals surface area contributed by atoms with Crippen LogP contribution in [0.2, 0.25) is 0 Å². The number of aryl methyl sites for hydroxylation is 1. The molecule has 1 aromatic rings. The molecular weight excluding hydrogens is 290 g/mol. The van der Waals surface area contributed by atoms with E-state index < -0.39 is 0 Å². The molecule has 1 aromatic heterocycles. The number of hydrogen-bond acceptors (Lipinski definition) is 4. The van der Waals surface area contributed by atoms with Crippen molar-refractivity contribution in [2.24, 2.45) is 18.0 Å². The predicted molar refractivity (Wildman–Crippen MR) is 93.4 cm³/mol. The average Bonchev–Trinajstić information content (AvgIpc) is 3.07. The van der Waals surface area contributed by atoms with Gasteiger partial charge in [0.2, 0.25) is 0 Å². The molecule has 1 aliphatic rings. The highest BCUT2D eigenvalue weighted by molar-refractivity contribution is 5.79. The Kier molecular flexibility index (Phi) is 6.38. The molecule has 1 fully saturated rings. The molecule has 1 aliphatic heterocycles. The second-order valence-corrected chi connectivity index (χ2v) is 6.71. The van der Waals surface area contributed by atoms with E-state index in [1.54, 1.807) is 7.05 Å². The SMILES string of the molecule is CN=C(NCc1nnc(C)n1C)NC[C@H]1CCCN1CC(C)C. The van der Waals surface area contributed by atoms with E-state index in [0.29, 0.717) is 18.5 Å². The Labute approximate surface area is 139 Å². The Morgan fingerprint density at radius 3 is 2.74 bits per heavy atom. The molecule has 7 heteroatoms. The van der Waals surface area contributed by atoms with Gasteiger partial charge in [-0.25, -0.2) is 0 Å². The van der Waals surface area contributed by atoms with Crippen LogP contribution >= 0.6 is 0 Å². The molecular formula is C16H31N7. The van der Waals surface area contributed by atoms with Gasteiger partial charge in [-0.15, -0.1) is 10.2 Å². The maximum atomic E-state index is 4.30. The molecule has 23 heavy (non-hydrogen) atoms. The van der Waals surface area contributed by atoms with Crippen molar-refractivity contribution in [2.75, 3.05) is 26.7 Å². The Hall–Kier alpha value is -1.63. The summed E-state index contributed by atoms with van der Waals surface area (Å²) >= 11 is 0. The van der Waals surface area contributed by atoms with E-state index in [-0.39, 0.29) is 0 Å². The van der Waals surface area contributed by atoms with Gasteiger partial charge in [0.15, 0.2) is 11.8 Å². The van der Waals surface area contributed by atoms with Crippen LogP contribution in [-0.2, 0) is 13.6 Å². The fourth-order valence-corrected chi connectivity index (χ4v) is 3.04. The summed E-state index contributed by atoms with van der Waals surface area (Å²) in [5.74, 6) is 3.36. The number of nitrogens with one attached hydrogen (secondary N) is 2. The third kappa shape index (κ3) is 4.92. The first-order valence-corrected chi connectivity index (χ1v) is 8.54. The van der Waals surface area contributed by atoms with E-state index in [4.69, 9.17) is 0 Å². The standard InChI is InChI=1S/C16H31N7/c1-12(2)11-23-8-6-7-14(23)9-18-16(17-4)19-10-15-21-20-13(3)22(15)5/h12,14H,6-11H2,1-5H3,(H2,17,18,19)/t14-/m1/s1. The highest BCUT2D eigenvalue weighted by Crippen LogP contribution is 2.17. The summed E-state index contributed by atoms with van der Waals surface area (Å²) < 4.78 is 1.99. The van der Waals surface area contributed by atoms with Crippen molar-refractivity contribution in [2.45, 2.75) is 46.2 Å². The summed E-state index contributed by atoms with van der Waals surface area (Å²) in [6, 6.07) is 0.605. The van der Waals surface area contributed by atoms with Crippen LogP contribution in [0.5, 0.6) is 0 Å². The molecule has 0 aromatic carbocycles. The summed E-state index contributed by atoms with van der Waals surface area (Å²) in [6.45, 7) is 10.5. The normalized spacial score (nSPS) is 19.6. The second-order valence-electron chi connectivity index (χ2n) is 6.71. The van der Waals surface area contributed by atoms with Crippen molar-refractivity contribution >= 4 is 5.96 Å². The summed E-state index contributed by atoms with van der Waals surface area (Å²) in [6.07, 6.45) is 2.56. The van der Waals surface area contributed by atoms with Crippen molar-refractivity contribution in [1.29, 1.82) is 0 Å². The summed E-state index contributed by atoms with van der Waals surface area (Å²) in [7, 11) is 3.78. The van der Waals surface area contributed by atoms with Crippen LogP contribution < -0.4 is 10.6 Å². The fraction of sp³-hybridized carbons (Fsp3) is 0.812. The maximum Gasteiger partial charge on any atom is 0.191 e. The highest BCUT2D eigenvalue weighted by atomic mass is 15.3. The molecule has 0 radical (unpaired) electrons. The molecule has 7 nitrogen and oxygen atoms in total. The molecule has 0 saturated carbocycles. The maximum absolute atomic E-state index is 4.30. The summed E-state index contributed by atoms with van der Waals surface area (Å²) in [5.41, 5.74) is 0. The average molecular weight is 321 g/mol. The van der Waals surface area contributed by atoms with Crippen molar-refractivity contribution in [1.82, 2.24) is 30.3 Å². The van der Waals surface area contributed by atoms with Crippen LogP contribution in [0.3, 0.4) is 0 Å². The minimum absolute atomic E-state index is 0.605. The minimum Gasteiger partial charge on any atom is -0.355 e. The largest absolute Gasteiger partial charge is 0.355 e. The van der Waals surface area contributed by atoms with Gasteiger partial charge >= 0.3 is 0 Å². The number of guanidine groups is 1. The zero-order chi connectivity index (χ0) is 16.8. The highest BCUT2D eigenvalue weighted by Gasteiger charge is 2.24. The van der Waals surface area contributed by atoms with E-state index in [1.165, 1.54) is 25.9 Å². The van der Waals surface area contributed by atoms with Crippen LogP contribution in [0, 0.1) is 12.8 Å².